The maximum atomic E-state index is 12.2. The summed E-state index contributed by atoms with van der Waals surface area (Å²) in [7, 11) is 0. The molecule has 0 radical (unpaired) electrons. The summed E-state index contributed by atoms with van der Waals surface area (Å²) in [5.74, 6) is 0. The fraction of sp³-hybridized carbons (Fsp3) is 0.143. The number of pyridine rings is 1. The summed E-state index contributed by atoms with van der Waals surface area (Å²) in [6, 6.07) is 1.84. The third kappa shape index (κ3) is 3.01. The fourth-order valence-corrected chi connectivity index (χ4v) is 1.34. The van der Waals surface area contributed by atoms with Gasteiger partial charge in [-0.2, -0.15) is 13.2 Å². The molecule has 8 heteroatoms. The standard InChI is InChI=1S/C7H7F3N3OS/c8-7(9,10)4-1-2-5(13(14)3-4)15-6(11)12/h1-3,14H,(H3,11,12)/q+1. The molecule has 0 saturated heterocycles. The number of hydrogen-bond acceptors (Lipinski definition) is 3. The van der Waals surface area contributed by atoms with Gasteiger partial charge >= 0.3 is 6.18 Å². The first-order chi connectivity index (χ1) is 6.80. The molecule has 0 amide bonds. The summed E-state index contributed by atoms with van der Waals surface area (Å²) in [5.41, 5.74) is 4.04. The van der Waals surface area contributed by atoms with Crippen LogP contribution in [0.15, 0.2) is 23.4 Å². The van der Waals surface area contributed by atoms with Gasteiger partial charge in [0, 0.05) is 22.6 Å². The van der Waals surface area contributed by atoms with Crippen LogP contribution in [0.2, 0.25) is 0 Å². The number of halogens is 3. The monoisotopic (exact) mass is 238 g/mol. The van der Waals surface area contributed by atoms with Gasteiger partial charge in [0.15, 0.2) is 5.17 Å². The zero-order valence-electron chi connectivity index (χ0n) is 7.25. The Morgan fingerprint density at radius 3 is 2.47 bits per heavy atom. The van der Waals surface area contributed by atoms with Crippen LogP contribution in [0.1, 0.15) is 5.56 Å². The predicted octanol–water partition coefficient (Wildman–Crippen LogP) is 1.22. The van der Waals surface area contributed by atoms with Crippen molar-refractivity contribution in [2.24, 2.45) is 5.73 Å². The lowest BCUT2D eigenvalue weighted by Crippen LogP contribution is -2.34. The number of nitrogens with two attached hydrogens (primary N) is 1. The predicted molar refractivity (Wildman–Crippen MR) is 46.6 cm³/mol. The highest BCUT2D eigenvalue weighted by Crippen LogP contribution is 2.28. The Kier molecular flexibility index (Phi) is 3.08. The number of hydrogen-bond donors (Lipinski definition) is 3. The highest BCUT2D eigenvalue weighted by molar-refractivity contribution is 8.13. The van der Waals surface area contributed by atoms with E-state index in [9.17, 15) is 13.2 Å². The minimum absolute atomic E-state index is 0.0375. The van der Waals surface area contributed by atoms with E-state index in [0.29, 0.717) is 18.0 Å². The van der Waals surface area contributed by atoms with Gasteiger partial charge in [-0.15, -0.1) is 0 Å². The third-order valence-electron chi connectivity index (χ3n) is 1.43. The van der Waals surface area contributed by atoms with Gasteiger partial charge in [-0.25, -0.2) is 0 Å². The van der Waals surface area contributed by atoms with Gasteiger partial charge in [0.25, 0.3) is 5.03 Å². The maximum Gasteiger partial charge on any atom is 0.422 e. The molecular formula is C7H7F3N3OS+. The Morgan fingerprint density at radius 1 is 1.47 bits per heavy atom. The molecule has 0 unspecified atom stereocenters. The van der Waals surface area contributed by atoms with Crippen molar-refractivity contribution >= 4 is 16.9 Å². The average Bonchev–Trinajstić information content (AvgIpc) is 2.05. The first-order valence-corrected chi connectivity index (χ1v) is 4.46. The fourth-order valence-electron chi connectivity index (χ4n) is 0.837. The first kappa shape index (κ1) is 11.6. The largest absolute Gasteiger partial charge is 0.422 e. The molecule has 0 fully saturated rings. The van der Waals surface area contributed by atoms with Crippen molar-refractivity contribution in [2.75, 3.05) is 0 Å². The Bertz CT molecular complexity index is 394. The number of aromatic nitrogens is 1. The molecular weight excluding hydrogens is 231 g/mol. The van der Waals surface area contributed by atoms with E-state index in [1.165, 1.54) is 0 Å². The van der Waals surface area contributed by atoms with Crippen LogP contribution in [0.5, 0.6) is 0 Å². The van der Waals surface area contributed by atoms with E-state index in [2.05, 4.69) is 0 Å². The topological polar surface area (TPSA) is 74.0 Å². The van der Waals surface area contributed by atoms with Crippen molar-refractivity contribution in [3.63, 3.8) is 0 Å². The van der Waals surface area contributed by atoms with Gasteiger partial charge in [-0.05, 0) is 6.07 Å². The van der Waals surface area contributed by atoms with E-state index in [4.69, 9.17) is 16.4 Å². The van der Waals surface area contributed by atoms with Crippen molar-refractivity contribution in [2.45, 2.75) is 11.2 Å². The molecule has 4 nitrogen and oxygen atoms in total. The quantitative estimate of drug-likeness (QED) is 0.226. The second-order valence-electron chi connectivity index (χ2n) is 2.56. The van der Waals surface area contributed by atoms with Gasteiger partial charge in [0.05, 0.1) is 0 Å². The molecule has 0 aliphatic carbocycles. The first-order valence-electron chi connectivity index (χ1n) is 3.65. The molecule has 0 bridgehead atoms. The van der Waals surface area contributed by atoms with Crippen LogP contribution < -0.4 is 10.5 Å². The number of nitrogens with zero attached hydrogens (tertiary/aromatic N) is 1. The second-order valence-corrected chi connectivity index (χ2v) is 3.63. The molecule has 1 heterocycles. The molecule has 1 aromatic rings. The molecule has 0 aliphatic heterocycles. The van der Waals surface area contributed by atoms with E-state index in [1.54, 1.807) is 0 Å². The van der Waals surface area contributed by atoms with Crippen LogP contribution in [0.3, 0.4) is 0 Å². The van der Waals surface area contributed by atoms with E-state index < -0.39 is 11.7 Å². The summed E-state index contributed by atoms with van der Waals surface area (Å²) >= 11 is 0.651. The molecule has 0 aliphatic rings. The van der Waals surface area contributed by atoms with Gasteiger partial charge in [-0.3, -0.25) is 10.6 Å². The van der Waals surface area contributed by atoms with Crippen LogP contribution in [0, 0.1) is 5.41 Å². The molecule has 1 aromatic heterocycles. The summed E-state index contributed by atoms with van der Waals surface area (Å²) in [6.07, 6.45) is -3.99. The van der Waals surface area contributed by atoms with Gasteiger partial charge < -0.3 is 5.73 Å². The summed E-state index contributed by atoms with van der Waals surface area (Å²) < 4.78 is 36.8. The van der Waals surface area contributed by atoms with E-state index in [-0.39, 0.29) is 14.9 Å². The van der Waals surface area contributed by atoms with Crippen molar-refractivity contribution in [1.29, 1.82) is 5.41 Å². The van der Waals surface area contributed by atoms with E-state index in [1.807, 2.05) is 0 Å². The molecule has 0 atom stereocenters. The SMILES string of the molecule is N=C(N)Sc1ccc(C(F)(F)F)c[n+]1O. The molecule has 0 saturated carbocycles. The van der Waals surface area contributed by atoms with Crippen LogP contribution in [-0.2, 0) is 6.18 Å². The number of rotatable bonds is 1. The normalized spacial score (nSPS) is 11.4. The smallest absolute Gasteiger partial charge is 0.378 e. The second kappa shape index (κ2) is 3.97. The number of thioether (sulfide) groups is 1. The maximum absolute atomic E-state index is 12.2. The Morgan fingerprint density at radius 2 is 2.07 bits per heavy atom. The molecule has 82 valence electrons. The Balaban J connectivity index is 3.03. The number of nitrogens with one attached hydrogen (secondary N) is 1. The average molecular weight is 238 g/mol. The molecule has 0 spiro atoms. The summed E-state index contributed by atoms with van der Waals surface area (Å²) in [6.45, 7) is 0. The van der Waals surface area contributed by atoms with Crippen LogP contribution in [0.4, 0.5) is 13.2 Å². The molecule has 1 rings (SSSR count). The minimum Gasteiger partial charge on any atom is -0.378 e. The van der Waals surface area contributed by atoms with Crippen molar-refractivity contribution in [1.82, 2.24) is 0 Å². The molecule has 4 N–H and O–H groups in total. The highest BCUT2D eigenvalue weighted by Gasteiger charge is 2.34. The Labute approximate surface area is 87.0 Å². The zero-order valence-corrected chi connectivity index (χ0v) is 8.06. The lowest BCUT2D eigenvalue weighted by Gasteiger charge is -2.03. The summed E-state index contributed by atoms with van der Waals surface area (Å²) in [4.78, 5) is 0. The Hall–Kier alpha value is -1.44. The zero-order chi connectivity index (χ0) is 11.6. The van der Waals surface area contributed by atoms with Crippen LogP contribution in [0.25, 0.3) is 0 Å². The van der Waals surface area contributed by atoms with E-state index in [0.717, 1.165) is 12.1 Å². The van der Waals surface area contributed by atoms with Crippen molar-refractivity contribution in [3.05, 3.63) is 23.9 Å². The summed E-state index contributed by atoms with van der Waals surface area (Å²) in [5, 5.41) is 15.8. The van der Waals surface area contributed by atoms with Crippen LogP contribution in [-0.4, -0.2) is 10.4 Å². The van der Waals surface area contributed by atoms with Crippen molar-refractivity contribution < 1.29 is 23.1 Å². The number of alkyl halides is 3. The number of amidine groups is 1. The third-order valence-corrected chi connectivity index (χ3v) is 2.19. The van der Waals surface area contributed by atoms with E-state index >= 15 is 0 Å². The molecule has 15 heavy (non-hydrogen) atoms. The lowest BCUT2D eigenvalue weighted by molar-refractivity contribution is -0.932. The van der Waals surface area contributed by atoms with Gasteiger partial charge in [0.1, 0.15) is 5.56 Å². The molecule has 0 aromatic carbocycles. The van der Waals surface area contributed by atoms with Crippen molar-refractivity contribution in [3.8, 4) is 0 Å². The van der Waals surface area contributed by atoms with Gasteiger partial charge in [-0.1, -0.05) is 0 Å². The van der Waals surface area contributed by atoms with Crippen LogP contribution >= 0.6 is 11.8 Å². The lowest BCUT2D eigenvalue weighted by atomic mass is 10.3. The minimum atomic E-state index is -4.51. The highest BCUT2D eigenvalue weighted by atomic mass is 32.2. The van der Waals surface area contributed by atoms with Gasteiger partial charge in [0.2, 0.25) is 6.20 Å².